The minimum atomic E-state index is 0.0923. The van der Waals surface area contributed by atoms with Gasteiger partial charge in [0.2, 0.25) is 0 Å². The van der Waals surface area contributed by atoms with Crippen molar-refractivity contribution in [2.75, 3.05) is 19.7 Å². The Morgan fingerprint density at radius 2 is 2.16 bits per heavy atom. The van der Waals surface area contributed by atoms with Crippen LogP contribution < -0.4 is 10.5 Å². The van der Waals surface area contributed by atoms with Crippen LogP contribution in [0, 0.1) is 0 Å². The van der Waals surface area contributed by atoms with Crippen LogP contribution in [-0.2, 0) is 11.2 Å². The summed E-state index contributed by atoms with van der Waals surface area (Å²) in [6, 6.07) is 6.14. The first-order chi connectivity index (χ1) is 9.24. The van der Waals surface area contributed by atoms with E-state index in [0.29, 0.717) is 0 Å². The molecule has 2 aliphatic rings. The number of aryl methyl sites for hydroxylation is 1. The third-order valence-electron chi connectivity index (χ3n) is 4.06. The summed E-state index contributed by atoms with van der Waals surface area (Å²) >= 11 is 0. The summed E-state index contributed by atoms with van der Waals surface area (Å²) in [5, 5.41) is 0. The lowest BCUT2D eigenvalue weighted by Gasteiger charge is -2.16. The van der Waals surface area contributed by atoms with Crippen molar-refractivity contribution < 1.29 is 9.53 Å². The Morgan fingerprint density at radius 1 is 1.37 bits per heavy atom. The Hall–Kier alpha value is -1.55. The van der Waals surface area contributed by atoms with Crippen molar-refractivity contribution in [3.8, 4) is 5.75 Å². The summed E-state index contributed by atoms with van der Waals surface area (Å²) in [6.45, 7) is 1.90. The molecular weight excluding hydrogens is 240 g/mol. The third-order valence-corrected chi connectivity index (χ3v) is 4.06. The molecule has 1 amide bonds. The highest BCUT2D eigenvalue weighted by Crippen LogP contribution is 2.31. The van der Waals surface area contributed by atoms with Gasteiger partial charge in [-0.2, -0.15) is 0 Å². The van der Waals surface area contributed by atoms with Gasteiger partial charge in [-0.3, -0.25) is 4.79 Å². The molecule has 0 saturated carbocycles. The molecule has 4 heteroatoms. The lowest BCUT2D eigenvalue weighted by atomic mass is 10.1. The van der Waals surface area contributed by atoms with E-state index < -0.39 is 0 Å². The van der Waals surface area contributed by atoms with Crippen LogP contribution in [0.2, 0.25) is 0 Å². The van der Waals surface area contributed by atoms with Gasteiger partial charge in [-0.1, -0.05) is 6.07 Å². The Balaban J connectivity index is 1.60. The second-order valence-electron chi connectivity index (χ2n) is 5.38. The van der Waals surface area contributed by atoms with E-state index in [9.17, 15) is 4.79 Å². The fraction of sp³-hybridized carbons (Fsp3) is 0.533. The Bertz CT molecular complexity index is 481. The van der Waals surface area contributed by atoms with E-state index in [1.807, 2.05) is 23.1 Å². The monoisotopic (exact) mass is 260 g/mol. The molecule has 1 fully saturated rings. The summed E-state index contributed by atoms with van der Waals surface area (Å²) < 4.78 is 5.61. The number of rotatable bonds is 3. The maximum atomic E-state index is 11.9. The number of ether oxygens (including phenoxy) is 1. The molecule has 0 radical (unpaired) electrons. The van der Waals surface area contributed by atoms with Gasteiger partial charge in [0, 0.05) is 19.1 Å². The number of nitrogens with two attached hydrogens (primary N) is 1. The molecule has 1 heterocycles. The van der Waals surface area contributed by atoms with Crippen LogP contribution in [0.1, 0.15) is 36.4 Å². The van der Waals surface area contributed by atoms with E-state index >= 15 is 0 Å². The van der Waals surface area contributed by atoms with Gasteiger partial charge < -0.3 is 15.4 Å². The molecule has 1 aliphatic carbocycles. The molecule has 0 spiro atoms. The summed E-state index contributed by atoms with van der Waals surface area (Å²) in [6.07, 6.45) is 4.24. The fourth-order valence-electron chi connectivity index (χ4n) is 2.92. The third kappa shape index (κ3) is 2.59. The van der Waals surface area contributed by atoms with Crippen molar-refractivity contribution in [2.45, 2.75) is 31.7 Å². The molecule has 0 bridgehead atoms. The van der Waals surface area contributed by atoms with Gasteiger partial charge in [-0.25, -0.2) is 0 Å². The molecule has 1 atom stereocenters. The second kappa shape index (κ2) is 5.21. The van der Waals surface area contributed by atoms with E-state index in [-0.39, 0.29) is 18.6 Å². The lowest BCUT2D eigenvalue weighted by molar-refractivity contribution is -0.132. The Morgan fingerprint density at radius 3 is 2.95 bits per heavy atom. The van der Waals surface area contributed by atoms with Crippen molar-refractivity contribution in [1.82, 2.24) is 4.90 Å². The van der Waals surface area contributed by atoms with E-state index in [1.54, 1.807) is 0 Å². The topological polar surface area (TPSA) is 55.6 Å². The highest BCUT2D eigenvalue weighted by molar-refractivity contribution is 5.78. The van der Waals surface area contributed by atoms with Crippen molar-refractivity contribution >= 4 is 5.91 Å². The predicted molar refractivity (Wildman–Crippen MR) is 73.0 cm³/mol. The number of carbonyl (C=O) groups is 1. The van der Waals surface area contributed by atoms with Crippen molar-refractivity contribution in [2.24, 2.45) is 5.73 Å². The number of amides is 1. The van der Waals surface area contributed by atoms with Crippen LogP contribution >= 0.6 is 0 Å². The fourth-order valence-corrected chi connectivity index (χ4v) is 2.92. The first-order valence-electron chi connectivity index (χ1n) is 7.03. The number of likely N-dealkylation sites (tertiary alicyclic amines) is 1. The largest absolute Gasteiger partial charge is 0.484 e. The average molecular weight is 260 g/mol. The Kier molecular flexibility index (Phi) is 3.42. The van der Waals surface area contributed by atoms with Gasteiger partial charge in [-0.15, -0.1) is 0 Å². The first-order valence-corrected chi connectivity index (χ1v) is 7.03. The van der Waals surface area contributed by atoms with Crippen molar-refractivity contribution in [3.63, 3.8) is 0 Å². The molecule has 1 aliphatic heterocycles. The molecule has 19 heavy (non-hydrogen) atoms. The molecule has 1 aromatic rings. The van der Waals surface area contributed by atoms with Gasteiger partial charge in [0.05, 0.1) is 0 Å². The molecule has 1 aromatic carbocycles. The summed E-state index contributed by atoms with van der Waals surface area (Å²) in [5.41, 5.74) is 8.48. The van der Waals surface area contributed by atoms with Gasteiger partial charge >= 0.3 is 0 Å². The first kappa shape index (κ1) is 12.5. The van der Waals surface area contributed by atoms with Crippen LogP contribution in [0.5, 0.6) is 5.75 Å². The normalized spacial score (nSPS) is 21.5. The highest BCUT2D eigenvalue weighted by Gasteiger charge is 2.20. The quantitative estimate of drug-likeness (QED) is 0.898. The zero-order valence-corrected chi connectivity index (χ0v) is 11.1. The minimum Gasteiger partial charge on any atom is -0.484 e. The Labute approximate surface area is 113 Å². The van der Waals surface area contributed by atoms with Crippen LogP contribution in [0.3, 0.4) is 0 Å². The number of hydrogen-bond donors (Lipinski definition) is 1. The molecule has 102 valence electrons. The smallest absolute Gasteiger partial charge is 0.260 e. The van der Waals surface area contributed by atoms with E-state index in [0.717, 1.165) is 44.5 Å². The van der Waals surface area contributed by atoms with E-state index in [1.165, 1.54) is 11.1 Å². The van der Waals surface area contributed by atoms with Crippen LogP contribution in [0.15, 0.2) is 18.2 Å². The van der Waals surface area contributed by atoms with Gasteiger partial charge in [0.1, 0.15) is 5.75 Å². The maximum absolute atomic E-state index is 11.9. The molecule has 1 unspecified atom stereocenters. The lowest BCUT2D eigenvalue weighted by Crippen LogP contribution is -2.32. The van der Waals surface area contributed by atoms with Crippen LogP contribution in [0.4, 0.5) is 0 Å². The van der Waals surface area contributed by atoms with Gasteiger partial charge in [-0.05, 0) is 48.9 Å². The highest BCUT2D eigenvalue weighted by atomic mass is 16.5. The molecule has 3 rings (SSSR count). The van der Waals surface area contributed by atoms with Gasteiger partial charge in [0.25, 0.3) is 5.91 Å². The van der Waals surface area contributed by atoms with Crippen molar-refractivity contribution in [1.29, 1.82) is 0 Å². The average Bonchev–Trinajstić information content (AvgIpc) is 3.06. The van der Waals surface area contributed by atoms with Crippen LogP contribution in [-0.4, -0.2) is 30.5 Å². The number of nitrogens with zero attached hydrogens (tertiary/aromatic N) is 1. The maximum Gasteiger partial charge on any atom is 0.260 e. The molecule has 4 nitrogen and oxygen atoms in total. The standard InChI is InChI=1S/C15H20N2O2/c16-14-6-3-11-9-12(4-5-13(11)14)19-10-15(18)17-7-1-2-8-17/h4-5,9,14H,1-3,6-8,10,16H2. The van der Waals surface area contributed by atoms with Crippen LogP contribution in [0.25, 0.3) is 0 Å². The zero-order valence-electron chi connectivity index (χ0n) is 11.1. The molecule has 2 N–H and O–H groups in total. The predicted octanol–water partition coefficient (Wildman–Crippen LogP) is 1.63. The summed E-state index contributed by atoms with van der Waals surface area (Å²) in [7, 11) is 0. The summed E-state index contributed by atoms with van der Waals surface area (Å²) in [4.78, 5) is 13.8. The molecule has 0 aromatic heterocycles. The number of benzene rings is 1. The summed E-state index contributed by atoms with van der Waals surface area (Å²) in [5.74, 6) is 0.870. The SMILES string of the molecule is NC1CCc2cc(OCC(=O)N3CCCC3)ccc21. The van der Waals surface area contributed by atoms with Gasteiger partial charge in [0.15, 0.2) is 6.61 Å². The number of hydrogen-bond acceptors (Lipinski definition) is 3. The second-order valence-corrected chi connectivity index (χ2v) is 5.38. The number of fused-ring (bicyclic) bond motifs is 1. The zero-order chi connectivity index (χ0) is 13.2. The molecular formula is C15H20N2O2. The molecule has 1 saturated heterocycles. The van der Waals surface area contributed by atoms with Crippen molar-refractivity contribution in [3.05, 3.63) is 29.3 Å². The van der Waals surface area contributed by atoms with E-state index in [4.69, 9.17) is 10.5 Å². The van der Waals surface area contributed by atoms with E-state index in [2.05, 4.69) is 0 Å². The minimum absolute atomic E-state index is 0.0923. The number of carbonyl (C=O) groups excluding carboxylic acids is 1.